The lowest BCUT2D eigenvalue weighted by Crippen LogP contribution is -2.12. The third kappa shape index (κ3) is 2.96. The Bertz CT molecular complexity index is 636. The van der Waals surface area contributed by atoms with Crippen molar-refractivity contribution in [3.8, 4) is 0 Å². The van der Waals surface area contributed by atoms with Gasteiger partial charge in [-0.2, -0.15) is 13.2 Å². The molecule has 2 rings (SSSR count). The highest BCUT2D eigenvalue weighted by atomic mass is 35.5. The number of thiazole rings is 1. The Kier molecular flexibility index (Phi) is 3.64. The molecular formula is C12H7ClF3NOS. The van der Waals surface area contributed by atoms with E-state index in [1.807, 2.05) is 0 Å². The fourth-order valence-electron chi connectivity index (χ4n) is 1.56. The first kappa shape index (κ1) is 14.0. The lowest BCUT2D eigenvalue weighted by atomic mass is 10.1. The summed E-state index contributed by atoms with van der Waals surface area (Å²) < 4.78 is 37.9. The van der Waals surface area contributed by atoms with Gasteiger partial charge >= 0.3 is 6.18 Å². The third-order valence-corrected chi connectivity index (χ3v) is 3.51. The van der Waals surface area contributed by atoms with Crippen LogP contribution in [-0.4, -0.2) is 10.8 Å². The van der Waals surface area contributed by atoms with Crippen LogP contribution < -0.4 is 0 Å². The molecule has 0 bridgehead atoms. The van der Waals surface area contributed by atoms with Gasteiger partial charge in [0.25, 0.3) is 0 Å². The summed E-state index contributed by atoms with van der Waals surface area (Å²) in [5.41, 5.74) is -0.255. The normalized spacial score (nSPS) is 11.6. The molecule has 0 aliphatic rings. The third-order valence-electron chi connectivity index (χ3n) is 2.36. The van der Waals surface area contributed by atoms with Crippen molar-refractivity contribution < 1.29 is 18.0 Å². The molecule has 1 aromatic heterocycles. The van der Waals surface area contributed by atoms with Crippen molar-refractivity contribution in [1.82, 2.24) is 4.98 Å². The van der Waals surface area contributed by atoms with Crippen molar-refractivity contribution in [2.75, 3.05) is 0 Å². The Morgan fingerprint density at radius 2 is 2.05 bits per heavy atom. The standard InChI is InChI=1S/C12H7ClF3NOS/c1-6-3-2-4-7(5-6)8(18)9-10(12(14,15)16)17-11(13)19-9/h2-5H,1H3. The zero-order valence-electron chi connectivity index (χ0n) is 9.58. The number of halogens is 4. The van der Waals surface area contributed by atoms with Crippen molar-refractivity contribution >= 4 is 28.7 Å². The van der Waals surface area contributed by atoms with Gasteiger partial charge < -0.3 is 0 Å². The van der Waals surface area contributed by atoms with Crippen LogP contribution in [0.1, 0.15) is 26.5 Å². The first-order valence-corrected chi connectivity index (χ1v) is 6.33. The number of carbonyl (C=O) groups excluding carboxylic acids is 1. The van der Waals surface area contributed by atoms with E-state index in [0.29, 0.717) is 11.3 Å². The van der Waals surface area contributed by atoms with E-state index < -0.39 is 22.5 Å². The molecule has 0 N–H and O–H groups in total. The number of carbonyl (C=O) groups is 1. The maximum absolute atomic E-state index is 12.8. The van der Waals surface area contributed by atoms with Gasteiger partial charge in [-0.05, 0) is 13.0 Å². The number of nitrogens with zero attached hydrogens (tertiary/aromatic N) is 1. The Labute approximate surface area is 115 Å². The average molecular weight is 306 g/mol. The van der Waals surface area contributed by atoms with Gasteiger partial charge in [0, 0.05) is 5.56 Å². The van der Waals surface area contributed by atoms with Gasteiger partial charge in [-0.25, -0.2) is 4.98 Å². The number of rotatable bonds is 2. The zero-order valence-corrected chi connectivity index (χ0v) is 11.2. The molecule has 0 atom stereocenters. The number of alkyl halides is 3. The predicted molar refractivity (Wildman–Crippen MR) is 66.7 cm³/mol. The second-order valence-electron chi connectivity index (χ2n) is 3.84. The molecule has 0 fully saturated rings. The quantitative estimate of drug-likeness (QED) is 0.772. The van der Waals surface area contributed by atoms with E-state index in [1.54, 1.807) is 19.1 Å². The molecule has 0 unspecified atom stereocenters. The zero-order chi connectivity index (χ0) is 14.2. The lowest BCUT2D eigenvalue weighted by molar-refractivity contribution is -0.141. The number of ketones is 1. The highest BCUT2D eigenvalue weighted by Gasteiger charge is 2.39. The van der Waals surface area contributed by atoms with Crippen molar-refractivity contribution in [2.24, 2.45) is 0 Å². The van der Waals surface area contributed by atoms with Gasteiger partial charge in [0.05, 0.1) is 0 Å². The summed E-state index contributed by atoms with van der Waals surface area (Å²) >= 11 is 6.02. The van der Waals surface area contributed by atoms with Crippen LogP contribution in [0.25, 0.3) is 0 Å². The summed E-state index contributed by atoms with van der Waals surface area (Å²) in [4.78, 5) is 14.8. The van der Waals surface area contributed by atoms with Crippen LogP contribution in [0.15, 0.2) is 24.3 Å². The fourth-order valence-corrected chi connectivity index (χ4v) is 2.65. The first-order chi connectivity index (χ1) is 8.79. The molecule has 0 saturated carbocycles. The Hall–Kier alpha value is -1.40. The van der Waals surface area contributed by atoms with E-state index in [4.69, 9.17) is 11.6 Å². The van der Waals surface area contributed by atoms with E-state index in [1.165, 1.54) is 12.1 Å². The van der Waals surface area contributed by atoms with E-state index in [-0.39, 0.29) is 10.0 Å². The molecule has 1 aromatic carbocycles. The number of benzene rings is 1. The number of hydrogen-bond donors (Lipinski definition) is 0. The minimum Gasteiger partial charge on any atom is -0.288 e. The van der Waals surface area contributed by atoms with Crippen LogP contribution >= 0.6 is 22.9 Å². The topological polar surface area (TPSA) is 30.0 Å². The summed E-state index contributed by atoms with van der Waals surface area (Å²) in [7, 11) is 0. The molecule has 0 saturated heterocycles. The highest BCUT2D eigenvalue weighted by molar-refractivity contribution is 7.17. The maximum atomic E-state index is 12.8. The maximum Gasteiger partial charge on any atom is 0.434 e. The average Bonchev–Trinajstić information content (AvgIpc) is 2.70. The Morgan fingerprint density at radius 1 is 1.37 bits per heavy atom. The molecule has 0 spiro atoms. The summed E-state index contributed by atoms with van der Waals surface area (Å²) in [6, 6.07) is 6.35. The Balaban J connectivity index is 2.51. The highest BCUT2D eigenvalue weighted by Crippen LogP contribution is 2.37. The molecule has 2 nitrogen and oxygen atoms in total. The van der Waals surface area contributed by atoms with Crippen molar-refractivity contribution in [3.05, 3.63) is 50.4 Å². The number of aromatic nitrogens is 1. The minimum absolute atomic E-state index is 0.186. The van der Waals surface area contributed by atoms with Crippen LogP contribution in [0, 0.1) is 6.92 Å². The molecule has 19 heavy (non-hydrogen) atoms. The van der Waals surface area contributed by atoms with E-state index in [9.17, 15) is 18.0 Å². The smallest absolute Gasteiger partial charge is 0.288 e. The van der Waals surface area contributed by atoms with E-state index in [0.717, 1.165) is 5.56 Å². The van der Waals surface area contributed by atoms with Crippen molar-refractivity contribution in [2.45, 2.75) is 13.1 Å². The summed E-state index contributed by atoms with van der Waals surface area (Å²) in [6.45, 7) is 1.75. The van der Waals surface area contributed by atoms with E-state index in [2.05, 4.69) is 4.98 Å². The van der Waals surface area contributed by atoms with Gasteiger partial charge in [0.15, 0.2) is 10.2 Å². The summed E-state index contributed by atoms with van der Waals surface area (Å²) in [5, 5.41) is 0. The van der Waals surface area contributed by atoms with Crippen LogP contribution in [0.3, 0.4) is 0 Å². The predicted octanol–water partition coefficient (Wildman–Crippen LogP) is 4.35. The fraction of sp³-hybridized carbons (Fsp3) is 0.167. The molecule has 100 valence electrons. The molecule has 0 aliphatic carbocycles. The SMILES string of the molecule is Cc1cccc(C(=O)c2sc(Cl)nc2C(F)(F)F)c1. The van der Waals surface area contributed by atoms with Gasteiger partial charge in [0.1, 0.15) is 4.88 Å². The molecule has 2 aromatic rings. The van der Waals surface area contributed by atoms with Gasteiger partial charge in [-0.3, -0.25) is 4.79 Å². The van der Waals surface area contributed by atoms with Crippen molar-refractivity contribution in [3.63, 3.8) is 0 Å². The second kappa shape index (κ2) is 4.94. The van der Waals surface area contributed by atoms with E-state index >= 15 is 0 Å². The van der Waals surface area contributed by atoms with Gasteiger partial charge in [0.2, 0.25) is 5.78 Å². The minimum atomic E-state index is -4.70. The van der Waals surface area contributed by atoms with Crippen molar-refractivity contribution in [1.29, 1.82) is 0 Å². The van der Waals surface area contributed by atoms with Crippen LogP contribution in [0.5, 0.6) is 0 Å². The summed E-state index contributed by atoms with van der Waals surface area (Å²) in [5.74, 6) is -0.722. The first-order valence-electron chi connectivity index (χ1n) is 5.14. The second-order valence-corrected chi connectivity index (χ2v) is 5.42. The molecule has 1 heterocycles. The summed E-state index contributed by atoms with van der Waals surface area (Å²) in [6.07, 6.45) is -4.70. The Morgan fingerprint density at radius 3 is 2.63 bits per heavy atom. The number of hydrogen-bond acceptors (Lipinski definition) is 3. The molecule has 0 amide bonds. The van der Waals surface area contributed by atoms with Crippen LogP contribution in [0.4, 0.5) is 13.2 Å². The van der Waals surface area contributed by atoms with Crippen LogP contribution in [-0.2, 0) is 6.18 Å². The molecule has 0 radical (unpaired) electrons. The van der Waals surface area contributed by atoms with Gasteiger partial charge in [-0.1, -0.05) is 46.7 Å². The van der Waals surface area contributed by atoms with Gasteiger partial charge in [-0.15, -0.1) is 0 Å². The lowest BCUT2D eigenvalue weighted by Gasteiger charge is -2.05. The molecule has 0 aliphatic heterocycles. The molecule has 7 heteroatoms. The number of aryl methyl sites for hydroxylation is 1. The molecular weight excluding hydrogens is 299 g/mol. The largest absolute Gasteiger partial charge is 0.434 e. The van der Waals surface area contributed by atoms with Crippen LogP contribution in [0.2, 0.25) is 4.47 Å². The monoisotopic (exact) mass is 305 g/mol.